The zero-order valence-electron chi connectivity index (χ0n) is 13.0. The van der Waals surface area contributed by atoms with E-state index in [1.165, 1.54) is 9.75 Å². The van der Waals surface area contributed by atoms with Gasteiger partial charge in [0.25, 0.3) is 0 Å². The van der Waals surface area contributed by atoms with Crippen molar-refractivity contribution < 1.29 is 9.84 Å². The maximum Gasteiger partial charge on any atom is 0.136 e. The smallest absolute Gasteiger partial charge is 0.136 e. The Labute approximate surface area is 130 Å². The Hall–Kier alpha value is -1.32. The third-order valence-electron chi connectivity index (χ3n) is 3.91. The van der Waals surface area contributed by atoms with Gasteiger partial charge in [-0.15, -0.1) is 11.3 Å². The Balaban J connectivity index is 1.89. The predicted octanol–water partition coefficient (Wildman–Crippen LogP) is 4.91. The van der Waals surface area contributed by atoms with Gasteiger partial charge < -0.3 is 9.84 Å². The van der Waals surface area contributed by atoms with Crippen LogP contribution in [0.3, 0.4) is 0 Å². The topological polar surface area (TPSA) is 29.5 Å². The summed E-state index contributed by atoms with van der Waals surface area (Å²) in [6.07, 6.45) is 0.135. The lowest BCUT2D eigenvalue weighted by Crippen LogP contribution is -2.18. The largest absolute Gasteiger partial charge is 0.484 e. The van der Waals surface area contributed by atoms with Crippen molar-refractivity contribution in [3.8, 4) is 5.75 Å². The first kappa shape index (κ1) is 14.6. The SMILES string of the molecule is Cc1ccc2c(c1)C(O)CC(c1ccc(C(C)(C)C)s1)O2. The lowest BCUT2D eigenvalue weighted by molar-refractivity contribution is 0.0674. The second kappa shape index (κ2) is 5.15. The zero-order valence-corrected chi connectivity index (χ0v) is 13.8. The lowest BCUT2D eigenvalue weighted by Gasteiger charge is -2.29. The van der Waals surface area contributed by atoms with Crippen LogP contribution in [0.4, 0.5) is 0 Å². The van der Waals surface area contributed by atoms with Crippen LogP contribution in [0.15, 0.2) is 30.3 Å². The van der Waals surface area contributed by atoms with Gasteiger partial charge in [0.1, 0.15) is 11.9 Å². The van der Waals surface area contributed by atoms with Crippen LogP contribution >= 0.6 is 11.3 Å². The number of thiophene rings is 1. The van der Waals surface area contributed by atoms with Crippen LogP contribution < -0.4 is 4.74 Å². The molecule has 3 rings (SSSR count). The normalized spacial score (nSPS) is 21.8. The number of aliphatic hydroxyl groups is 1. The molecule has 0 aliphatic carbocycles. The quantitative estimate of drug-likeness (QED) is 0.811. The molecule has 1 aliphatic heterocycles. The first-order valence-corrected chi connectivity index (χ1v) is 8.22. The van der Waals surface area contributed by atoms with Crippen molar-refractivity contribution in [2.45, 2.75) is 51.7 Å². The molecule has 2 heterocycles. The van der Waals surface area contributed by atoms with Gasteiger partial charge in [0.15, 0.2) is 0 Å². The van der Waals surface area contributed by atoms with E-state index in [1.54, 1.807) is 11.3 Å². The Bertz CT molecular complexity index is 651. The van der Waals surface area contributed by atoms with Gasteiger partial charge in [0.05, 0.1) is 6.10 Å². The van der Waals surface area contributed by atoms with Crippen molar-refractivity contribution in [3.63, 3.8) is 0 Å². The highest BCUT2D eigenvalue weighted by molar-refractivity contribution is 7.12. The minimum Gasteiger partial charge on any atom is -0.484 e. The predicted molar refractivity (Wildman–Crippen MR) is 87.1 cm³/mol. The van der Waals surface area contributed by atoms with E-state index < -0.39 is 6.10 Å². The van der Waals surface area contributed by atoms with Crippen LogP contribution in [0.1, 0.15) is 60.3 Å². The maximum absolute atomic E-state index is 10.4. The number of rotatable bonds is 1. The van der Waals surface area contributed by atoms with Crippen LogP contribution in [0, 0.1) is 6.92 Å². The molecule has 2 nitrogen and oxygen atoms in total. The molecule has 2 unspecified atom stereocenters. The van der Waals surface area contributed by atoms with Crippen LogP contribution in [0.5, 0.6) is 5.75 Å². The van der Waals surface area contributed by atoms with E-state index in [-0.39, 0.29) is 11.5 Å². The Kier molecular flexibility index (Phi) is 3.58. The molecule has 3 heteroatoms. The third kappa shape index (κ3) is 2.85. The number of fused-ring (bicyclic) bond motifs is 1. The van der Waals surface area contributed by atoms with Gasteiger partial charge >= 0.3 is 0 Å². The standard InChI is InChI=1S/C18H22O2S/c1-11-5-6-14-12(9-11)13(19)10-15(20-14)16-7-8-17(21-16)18(2,3)4/h5-9,13,15,19H,10H2,1-4H3. The molecule has 0 amide bonds. The molecule has 1 N–H and O–H groups in total. The maximum atomic E-state index is 10.4. The Morgan fingerprint density at radius 2 is 1.95 bits per heavy atom. The second-order valence-electron chi connectivity index (χ2n) is 6.85. The summed E-state index contributed by atoms with van der Waals surface area (Å²) in [5.74, 6) is 0.815. The summed E-state index contributed by atoms with van der Waals surface area (Å²) in [5.41, 5.74) is 2.23. The minimum atomic E-state index is -0.446. The van der Waals surface area contributed by atoms with E-state index >= 15 is 0 Å². The van der Waals surface area contributed by atoms with Gasteiger partial charge in [0, 0.05) is 21.7 Å². The Morgan fingerprint density at radius 1 is 1.19 bits per heavy atom. The van der Waals surface area contributed by atoms with E-state index in [4.69, 9.17) is 4.74 Å². The summed E-state index contributed by atoms with van der Waals surface area (Å²) in [4.78, 5) is 2.55. The summed E-state index contributed by atoms with van der Waals surface area (Å²) >= 11 is 1.79. The average molecular weight is 302 g/mol. The van der Waals surface area contributed by atoms with E-state index in [9.17, 15) is 5.11 Å². The van der Waals surface area contributed by atoms with E-state index in [2.05, 4.69) is 32.9 Å². The molecule has 2 atom stereocenters. The number of aryl methyl sites for hydroxylation is 1. The van der Waals surface area contributed by atoms with Crippen LogP contribution in [0.2, 0.25) is 0 Å². The highest BCUT2D eigenvalue weighted by Crippen LogP contribution is 2.43. The molecule has 0 saturated heterocycles. The van der Waals surface area contributed by atoms with Crippen molar-refractivity contribution >= 4 is 11.3 Å². The molecule has 0 saturated carbocycles. The highest BCUT2D eigenvalue weighted by atomic mass is 32.1. The molecule has 112 valence electrons. The molecule has 0 radical (unpaired) electrons. The fourth-order valence-corrected chi connectivity index (χ4v) is 3.78. The van der Waals surface area contributed by atoms with Crippen molar-refractivity contribution in [1.29, 1.82) is 0 Å². The van der Waals surface area contributed by atoms with Crippen LogP contribution in [-0.4, -0.2) is 5.11 Å². The first-order valence-electron chi connectivity index (χ1n) is 7.40. The number of benzene rings is 1. The molecule has 0 bridgehead atoms. The monoisotopic (exact) mass is 302 g/mol. The third-order valence-corrected chi connectivity index (χ3v) is 5.52. The molecule has 21 heavy (non-hydrogen) atoms. The summed E-state index contributed by atoms with van der Waals surface area (Å²) in [5, 5.41) is 10.4. The average Bonchev–Trinajstić information content (AvgIpc) is 2.89. The Morgan fingerprint density at radius 3 is 2.62 bits per heavy atom. The minimum absolute atomic E-state index is 0.0451. The second-order valence-corrected chi connectivity index (χ2v) is 7.97. The fourth-order valence-electron chi connectivity index (χ4n) is 2.67. The van der Waals surface area contributed by atoms with Gasteiger partial charge in [-0.2, -0.15) is 0 Å². The van der Waals surface area contributed by atoms with Crippen LogP contribution in [-0.2, 0) is 5.41 Å². The molecule has 2 aromatic rings. The van der Waals surface area contributed by atoms with Gasteiger partial charge in [0.2, 0.25) is 0 Å². The summed E-state index contributed by atoms with van der Waals surface area (Å²) in [6.45, 7) is 8.69. The van der Waals surface area contributed by atoms with Gasteiger partial charge in [-0.05, 0) is 36.6 Å². The van der Waals surface area contributed by atoms with Crippen LogP contribution in [0.25, 0.3) is 0 Å². The first-order chi connectivity index (χ1) is 9.84. The zero-order chi connectivity index (χ0) is 15.2. The number of hydrogen-bond acceptors (Lipinski definition) is 3. The van der Waals surface area contributed by atoms with E-state index in [1.807, 2.05) is 25.1 Å². The van der Waals surface area contributed by atoms with Gasteiger partial charge in [-0.25, -0.2) is 0 Å². The summed E-state index contributed by atoms with van der Waals surface area (Å²) in [7, 11) is 0. The molecule has 1 aromatic carbocycles. The van der Waals surface area contributed by atoms with Gasteiger partial charge in [-0.3, -0.25) is 0 Å². The molecule has 1 aromatic heterocycles. The van der Waals surface area contributed by atoms with Crippen molar-refractivity contribution in [1.82, 2.24) is 0 Å². The number of ether oxygens (including phenoxy) is 1. The van der Waals surface area contributed by atoms with E-state index in [0.29, 0.717) is 6.42 Å². The highest BCUT2D eigenvalue weighted by Gasteiger charge is 2.29. The molecular weight excluding hydrogens is 280 g/mol. The summed E-state index contributed by atoms with van der Waals surface area (Å²) < 4.78 is 6.12. The summed E-state index contributed by atoms with van der Waals surface area (Å²) in [6, 6.07) is 10.3. The van der Waals surface area contributed by atoms with E-state index in [0.717, 1.165) is 16.9 Å². The molecule has 1 aliphatic rings. The van der Waals surface area contributed by atoms with Crippen molar-refractivity contribution in [3.05, 3.63) is 51.2 Å². The van der Waals surface area contributed by atoms with Crippen molar-refractivity contribution in [2.24, 2.45) is 0 Å². The van der Waals surface area contributed by atoms with Gasteiger partial charge in [-0.1, -0.05) is 32.4 Å². The molecular formula is C18H22O2S. The lowest BCUT2D eigenvalue weighted by atomic mass is 9.94. The number of hydrogen-bond donors (Lipinski definition) is 1. The number of aliphatic hydroxyl groups excluding tert-OH is 1. The molecule has 0 fully saturated rings. The molecule has 0 spiro atoms. The van der Waals surface area contributed by atoms with Crippen molar-refractivity contribution in [2.75, 3.05) is 0 Å². The fraction of sp³-hybridized carbons (Fsp3) is 0.444.